The first-order chi connectivity index (χ1) is 9.25. The van der Waals surface area contributed by atoms with E-state index in [4.69, 9.17) is 10.3 Å². The minimum atomic E-state index is 0.152. The SMILES string of the molecule is Cc1cscc1-c1noc(C2CCCCCC2N)n1. The van der Waals surface area contributed by atoms with Gasteiger partial charge in [0.1, 0.15) is 0 Å². The molecule has 5 heteroatoms. The van der Waals surface area contributed by atoms with E-state index in [0.717, 1.165) is 24.3 Å². The first kappa shape index (κ1) is 12.8. The van der Waals surface area contributed by atoms with E-state index < -0.39 is 0 Å². The van der Waals surface area contributed by atoms with Gasteiger partial charge in [0.2, 0.25) is 11.7 Å². The fourth-order valence-corrected chi connectivity index (χ4v) is 3.55. The van der Waals surface area contributed by atoms with Gasteiger partial charge in [0.05, 0.1) is 5.92 Å². The summed E-state index contributed by atoms with van der Waals surface area (Å²) in [5, 5.41) is 8.29. The lowest BCUT2D eigenvalue weighted by molar-refractivity contribution is 0.326. The van der Waals surface area contributed by atoms with E-state index in [0.29, 0.717) is 5.82 Å². The molecule has 2 unspecified atom stereocenters. The molecule has 1 saturated carbocycles. The Bertz CT molecular complexity index is 548. The lowest BCUT2D eigenvalue weighted by Crippen LogP contribution is -2.27. The molecule has 1 aliphatic rings. The number of hydrogen-bond donors (Lipinski definition) is 1. The summed E-state index contributed by atoms with van der Waals surface area (Å²) in [5.74, 6) is 1.64. The zero-order valence-electron chi connectivity index (χ0n) is 11.1. The monoisotopic (exact) mass is 277 g/mol. The van der Waals surface area contributed by atoms with E-state index >= 15 is 0 Å². The van der Waals surface area contributed by atoms with Gasteiger partial charge in [-0.25, -0.2) is 0 Å². The number of rotatable bonds is 2. The largest absolute Gasteiger partial charge is 0.339 e. The van der Waals surface area contributed by atoms with Crippen LogP contribution in [0.1, 0.15) is 49.5 Å². The topological polar surface area (TPSA) is 64.9 Å². The average molecular weight is 277 g/mol. The maximum Gasteiger partial charge on any atom is 0.231 e. The molecule has 1 fully saturated rings. The van der Waals surface area contributed by atoms with E-state index in [1.54, 1.807) is 11.3 Å². The number of thiophene rings is 1. The summed E-state index contributed by atoms with van der Waals surface area (Å²) in [6.07, 6.45) is 5.79. The van der Waals surface area contributed by atoms with Gasteiger partial charge in [-0.3, -0.25) is 0 Å². The first-order valence-electron chi connectivity index (χ1n) is 6.88. The molecular weight excluding hydrogens is 258 g/mol. The van der Waals surface area contributed by atoms with Crippen molar-refractivity contribution in [2.75, 3.05) is 0 Å². The molecule has 0 saturated heterocycles. The van der Waals surface area contributed by atoms with Crippen molar-refractivity contribution < 1.29 is 4.52 Å². The van der Waals surface area contributed by atoms with Crippen LogP contribution in [0.3, 0.4) is 0 Å². The zero-order valence-corrected chi connectivity index (χ0v) is 11.9. The highest BCUT2D eigenvalue weighted by atomic mass is 32.1. The normalized spacial score (nSPS) is 24.3. The van der Waals surface area contributed by atoms with Crippen LogP contribution >= 0.6 is 11.3 Å². The molecule has 3 rings (SSSR count). The average Bonchev–Trinajstić information content (AvgIpc) is 2.97. The molecule has 0 aromatic carbocycles. The van der Waals surface area contributed by atoms with Crippen molar-refractivity contribution in [1.82, 2.24) is 10.1 Å². The molecule has 0 radical (unpaired) electrons. The molecule has 2 aromatic rings. The summed E-state index contributed by atoms with van der Waals surface area (Å²) >= 11 is 1.66. The first-order valence-corrected chi connectivity index (χ1v) is 7.82. The van der Waals surface area contributed by atoms with Crippen LogP contribution in [0.4, 0.5) is 0 Å². The lowest BCUT2D eigenvalue weighted by atomic mass is 9.95. The summed E-state index contributed by atoms with van der Waals surface area (Å²) < 4.78 is 5.47. The van der Waals surface area contributed by atoms with Crippen molar-refractivity contribution >= 4 is 11.3 Å². The predicted molar refractivity (Wildman–Crippen MR) is 76.1 cm³/mol. The van der Waals surface area contributed by atoms with Gasteiger partial charge >= 0.3 is 0 Å². The molecule has 2 heterocycles. The second-order valence-corrected chi connectivity index (χ2v) is 6.08. The molecule has 19 heavy (non-hydrogen) atoms. The fourth-order valence-electron chi connectivity index (χ4n) is 2.73. The summed E-state index contributed by atoms with van der Waals surface area (Å²) in [5.41, 5.74) is 8.51. The number of nitrogens with two attached hydrogens (primary N) is 1. The molecule has 0 amide bonds. The van der Waals surface area contributed by atoms with Crippen LogP contribution in [-0.2, 0) is 0 Å². The van der Waals surface area contributed by atoms with Crippen molar-refractivity contribution in [3.05, 3.63) is 22.2 Å². The molecule has 2 atom stereocenters. The predicted octanol–water partition coefficient (Wildman–Crippen LogP) is 3.48. The standard InChI is InChI=1S/C14H19N3OS/c1-9-7-19-8-11(9)13-16-14(18-17-13)10-5-3-2-4-6-12(10)15/h7-8,10,12H,2-6,15H2,1H3. The van der Waals surface area contributed by atoms with E-state index in [-0.39, 0.29) is 12.0 Å². The third kappa shape index (κ3) is 2.58. The Morgan fingerprint density at radius 1 is 1.26 bits per heavy atom. The zero-order chi connectivity index (χ0) is 13.2. The van der Waals surface area contributed by atoms with Gasteiger partial charge in [-0.05, 0) is 30.7 Å². The summed E-state index contributed by atoms with van der Waals surface area (Å²) in [7, 11) is 0. The van der Waals surface area contributed by atoms with Crippen molar-refractivity contribution in [1.29, 1.82) is 0 Å². The van der Waals surface area contributed by atoms with Crippen LogP contribution in [-0.4, -0.2) is 16.2 Å². The Balaban J connectivity index is 1.86. The van der Waals surface area contributed by atoms with Gasteiger partial charge in [-0.15, -0.1) is 0 Å². The smallest absolute Gasteiger partial charge is 0.231 e. The van der Waals surface area contributed by atoms with E-state index in [9.17, 15) is 0 Å². The van der Waals surface area contributed by atoms with Gasteiger partial charge in [0, 0.05) is 17.0 Å². The molecule has 0 spiro atoms. The number of aryl methyl sites for hydroxylation is 1. The second-order valence-electron chi connectivity index (χ2n) is 5.33. The van der Waals surface area contributed by atoms with E-state index in [2.05, 4.69) is 27.8 Å². The molecule has 4 nitrogen and oxygen atoms in total. The van der Waals surface area contributed by atoms with Crippen molar-refractivity contribution in [3.8, 4) is 11.4 Å². The van der Waals surface area contributed by atoms with Crippen LogP contribution < -0.4 is 5.73 Å². The third-order valence-corrected chi connectivity index (χ3v) is 4.79. The van der Waals surface area contributed by atoms with Gasteiger partial charge in [0.25, 0.3) is 0 Å². The van der Waals surface area contributed by atoms with Gasteiger partial charge in [0.15, 0.2) is 0 Å². The van der Waals surface area contributed by atoms with Crippen LogP contribution in [0.5, 0.6) is 0 Å². The maximum absolute atomic E-state index is 6.24. The number of aromatic nitrogens is 2. The quantitative estimate of drug-likeness (QED) is 0.853. The van der Waals surface area contributed by atoms with Crippen LogP contribution in [0.15, 0.2) is 15.3 Å². The second kappa shape index (κ2) is 5.43. The van der Waals surface area contributed by atoms with Gasteiger partial charge in [-0.1, -0.05) is 24.4 Å². The van der Waals surface area contributed by atoms with E-state index in [1.165, 1.54) is 24.8 Å². The number of nitrogens with zero attached hydrogens (tertiary/aromatic N) is 2. The van der Waals surface area contributed by atoms with Crippen molar-refractivity contribution in [2.24, 2.45) is 5.73 Å². The highest BCUT2D eigenvalue weighted by molar-refractivity contribution is 7.08. The number of hydrogen-bond acceptors (Lipinski definition) is 5. The van der Waals surface area contributed by atoms with E-state index in [1.807, 2.05) is 0 Å². The molecule has 0 aliphatic heterocycles. The highest BCUT2D eigenvalue weighted by Crippen LogP contribution is 2.32. The molecule has 102 valence electrons. The van der Waals surface area contributed by atoms with Crippen LogP contribution in [0.25, 0.3) is 11.4 Å². The minimum absolute atomic E-state index is 0.152. The van der Waals surface area contributed by atoms with Crippen LogP contribution in [0.2, 0.25) is 0 Å². The Morgan fingerprint density at radius 2 is 2.11 bits per heavy atom. The highest BCUT2D eigenvalue weighted by Gasteiger charge is 2.27. The Morgan fingerprint density at radius 3 is 2.89 bits per heavy atom. The van der Waals surface area contributed by atoms with Gasteiger partial charge in [-0.2, -0.15) is 16.3 Å². The Kier molecular flexibility index (Phi) is 3.66. The lowest BCUT2D eigenvalue weighted by Gasteiger charge is -2.16. The Hall–Kier alpha value is -1.20. The van der Waals surface area contributed by atoms with Crippen LogP contribution in [0, 0.1) is 6.92 Å². The molecule has 1 aliphatic carbocycles. The molecular formula is C14H19N3OS. The summed E-state index contributed by atoms with van der Waals surface area (Å²) in [6.45, 7) is 2.07. The molecule has 2 aromatic heterocycles. The summed E-state index contributed by atoms with van der Waals surface area (Å²) in [6, 6.07) is 0.152. The fraction of sp³-hybridized carbons (Fsp3) is 0.571. The molecule has 0 bridgehead atoms. The summed E-state index contributed by atoms with van der Waals surface area (Å²) in [4.78, 5) is 4.58. The van der Waals surface area contributed by atoms with Crippen molar-refractivity contribution in [2.45, 2.75) is 51.0 Å². The van der Waals surface area contributed by atoms with Gasteiger partial charge < -0.3 is 10.3 Å². The van der Waals surface area contributed by atoms with Crippen molar-refractivity contribution in [3.63, 3.8) is 0 Å². The third-order valence-electron chi connectivity index (χ3n) is 3.92. The maximum atomic E-state index is 6.24. The minimum Gasteiger partial charge on any atom is -0.339 e. The molecule has 2 N–H and O–H groups in total. The Labute approximate surface area is 117 Å².